The summed E-state index contributed by atoms with van der Waals surface area (Å²) >= 11 is 0. The Kier molecular flexibility index (Phi) is 7.15. The van der Waals surface area contributed by atoms with Crippen molar-refractivity contribution in [1.29, 1.82) is 0 Å². The van der Waals surface area contributed by atoms with Gasteiger partial charge in [-0.1, -0.05) is 6.07 Å². The van der Waals surface area contributed by atoms with E-state index < -0.39 is 36.5 Å². The molecule has 0 aliphatic rings. The molecule has 1 rings (SSSR count). The minimum atomic E-state index is -4.51. The van der Waals surface area contributed by atoms with Crippen LogP contribution in [0.1, 0.15) is 22.8 Å². The van der Waals surface area contributed by atoms with Crippen molar-refractivity contribution in [1.82, 2.24) is 10.6 Å². The second kappa shape index (κ2) is 8.62. The first-order valence-corrected chi connectivity index (χ1v) is 7.10. The summed E-state index contributed by atoms with van der Waals surface area (Å²) in [6.45, 7) is 1.27. The number of halogens is 4. The number of hydrogen-bond acceptors (Lipinski definition) is 3. The van der Waals surface area contributed by atoms with E-state index >= 15 is 0 Å². The van der Waals surface area contributed by atoms with Crippen molar-refractivity contribution in [2.45, 2.75) is 26.1 Å². The van der Waals surface area contributed by atoms with Crippen molar-refractivity contribution in [3.8, 4) is 0 Å². The lowest BCUT2D eigenvalue weighted by Crippen LogP contribution is -2.40. The van der Waals surface area contributed by atoms with E-state index in [1.165, 1.54) is 19.1 Å². The second-order valence-corrected chi connectivity index (χ2v) is 5.08. The van der Waals surface area contributed by atoms with Gasteiger partial charge >= 0.3 is 6.18 Å². The molecule has 2 N–H and O–H groups in total. The Labute approximate surface area is 136 Å². The van der Waals surface area contributed by atoms with E-state index in [0.717, 1.165) is 6.07 Å². The molecular formula is C15H18F4N2O3. The molecular weight excluding hydrogens is 332 g/mol. The topological polar surface area (TPSA) is 67.4 Å². The highest BCUT2D eigenvalue weighted by atomic mass is 19.4. The summed E-state index contributed by atoms with van der Waals surface area (Å²) in [5, 5.41) is 4.78. The van der Waals surface area contributed by atoms with E-state index in [1.807, 2.05) is 0 Å². The van der Waals surface area contributed by atoms with Crippen LogP contribution in [0.4, 0.5) is 17.6 Å². The number of hydrogen-bond donors (Lipinski definition) is 2. The molecule has 1 atom stereocenters. The molecule has 9 heteroatoms. The SMILES string of the molecule is Cc1ccc(C(=O)NCCNC(=O)C(C)OCC(F)(F)F)cc1F. The molecule has 0 aliphatic carbocycles. The zero-order valence-corrected chi connectivity index (χ0v) is 13.2. The van der Waals surface area contributed by atoms with E-state index in [9.17, 15) is 27.2 Å². The van der Waals surface area contributed by atoms with Gasteiger partial charge in [-0.05, 0) is 31.5 Å². The number of rotatable bonds is 7. The van der Waals surface area contributed by atoms with Gasteiger partial charge in [-0.2, -0.15) is 13.2 Å². The summed E-state index contributed by atoms with van der Waals surface area (Å²) in [7, 11) is 0. The fourth-order valence-electron chi connectivity index (χ4n) is 1.64. The molecule has 0 radical (unpaired) electrons. The molecule has 0 saturated carbocycles. The lowest BCUT2D eigenvalue weighted by molar-refractivity contribution is -0.185. The number of benzene rings is 1. The van der Waals surface area contributed by atoms with Crippen LogP contribution in [-0.2, 0) is 9.53 Å². The Morgan fingerprint density at radius 1 is 1.21 bits per heavy atom. The summed E-state index contributed by atoms with van der Waals surface area (Å²) in [5.74, 6) is -1.76. The van der Waals surface area contributed by atoms with Gasteiger partial charge in [0.1, 0.15) is 18.5 Å². The fourth-order valence-corrected chi connectivity index (χ4v) is 1.64. The quantitative estimate of drug-likeness (QED) is 0.583. The van der Waals surface area contributed by atoms with Crippen molar-refractivity contribution in [2.75, 3.05) is 19.7 Å². The van der Waals surface area contributed by atoms with Gasteiger partial charge in [0.2, 0.25) is 5.91 Å². The first kappa shape index (κ1) is 19.9. The highest BCUT2D eigenvalue weighted by Crippen LogP contribution is 2.15. The Balaban J connectivity index is 2.30. The lowest BCUT2D eigenvalue weighted by Gasteiger charge is -2.14. The maximum Gasteiger partial charge on any atom is 0.411 e. The molecule has 134 valence electrons. The molecule has 0 aromatic heterocycles. The van der Waals surface area contributed by atoms with Crippen LogP contribution in [0, 0.1) is 12.7 Å². The first-order valence-electron chi connectivity index (χ1n) is 7.10. The Bertz CT molecular complexity index is 591. The second-order valence-electron chi connectivity index (χ2n) is 5.08. The number of nitrogens with one attached hydrogen (secondary N) is 2. The van der Waals surface area contributed by atoms with Crippen LogP contribution in [0.2, 0.25) is 0 Å². The summed E-state index contributed by atoms with van der Waals surface area (Å²) in [4.78, 5) is 23.3. The zero-order chi connectivity index (χ0) is 18.3. The number of ether oxygens (including phenoxy) is 1. The molecule has 0 bridgehead atoms. The van der Waals surface area contributed by atoms with Crippen molar-refractivity contribution in [3.63, 3.8) is 0 Å². The predicted molar refractivity (Wildman–Crippen MR) is 77.9 cm³/mol. The zero-order valence-electron chi connectivity index (χ0n) is 13.2. The minimum Gasteiger partial charge on any atom is -0.359 e. The van der Waals surface area contributed by atoms with E-state index in [1.54, 1.807) is 6.92 Å². The first-order chi connectivity index (χ1) is 11.1. The number of aryl methyl sites for hydroxylation is 1. The van der Waals surface area contributed by atoms with Crippen molar-refractivity contribution in [2.24, 2.45) is 0 Å². The lowest BCUT2D eigenvalue weighted by atomic mass is 10.1. The fraction of sp³-hybridized carbons (Fsp3) is 0.467. The third-order valence-corrected chi connectivity index (χ3v) is 3.01. The molecule has 0 aliphatic heterocycles. The maximum atomic E-state index is 13.3. The van der Waals surface area contributed by atoms with Crippen LogP contribution in [-0.4, -0.2) is 43.8 Å². The highest BCUT2D eigenvalue weighted by molar-refractivity contribution is 5.94. The number of carbonyl (C=O) groups excluding carboxylic acids is 2. The molecule has 2 amide bonds. The molecule has 0 fully saturated rings. The maximum absolute atomic E-state index is 13.3. The number of carbonyl (C=O) groups is 2. The minimum absolute atomic E-state index is 0.00135. The van der Waals surface area contributed by atoms with E-state index in [2.05, 4.69) is 15.4 Å². The molecule has 24 heavy (non-hydrogen) atoms. The van der Waals surface area contributed by atoms with Gasteiger partial charge in [0.25, 0.3) is 5.91 Å². The molecule has 0 heterocycles. The predicted octanol–water partition coefficient (Wildman–Crippen LogP) is 1.95. The summed E-state index contributed by atoms with van der Waals surface area (Å²) in [6, 6.07) is 4.02. The van der Waals surface area contributed by atoms with Gasteiger partial charge in [-0.3, -0.25) is 9.59 Å². The van der Waals surface area contributed by atoms with Crippen LogP contribution >= 0.6 is 0 Å². The van der Waals surface area contributed by atoms with E-state index in [0.29, 0.717) is 5.56 Å². The molecule has 0 spiro atoms. The highest BCUT2D eigenvalue weighted by Gasteiger charge is 2.29. The Morgan fingerprint density at radius 3 is 2.42 bits per heavy atom. The van der Waals surface area contributed by atoms with E-state index in [4.69, 9.17) is 0 Å². The smallest absolute Gasteiger partial charge is 0.359 e. The van der Waals surface area contributed by atoms with Gasteiger partial charge in [0, 0.05) is 18.7 Å². The number of amides is 2. The normalized spacial score (nSPS) is 12.6. The summed E-state index contributed by atoms with van der Waals surface area (Å²) in [6.07, 6.45) is -5.78. The molecule has 1 aromatic carbocycles. The van der Waals surface area contributed by atoms with Crippen molar-refractivity contribution >= 4 is 11.8 Å². The summed E-state index contributed by atoms with van der Waals surface area (Å²) in [5.41, 5.74) is 0.540. The third-order valence-electron chi connectivity index (χ3n) is 3.01. The summed E-state index contributed by atoms with van der Waals surface area (Å²) < 4.78 is 53.6. The van der Waals surface area contributed by atoms with Gasteiger partial charge in [-0.15, -0.1) is 0 Å². The van der Waals surface area contributed by atoms with Crippen LogP contribution < -0.4 is 10.6 Å². The van der Waals surface area contributed by atoms with Gasteiger partial charge < -0.3 is 15.4 Å². The largest absolute Gasteiger partial charge is 0.411 e. The molecule has 0 saturated heterocycles. The molecule has 1 aromatic rings. The Morgan fingerprint density at radius 2 is 1.83 bits per heavy atom. The third kappa shape index (κ3) is 6.95. The molecule has 5 nitrogen and oxygen atoms in total. The van der Waals surface area contributed by atoms with Crippen LogP contribution in [0.25, 0.3) is 0 Å². The molecule has 1 unspecified atom stereocenters. The van der Waals surface area contributed by atoms with Gasteiger partial charge in [-0.25, -0.2) is 4.39 Å². The van der Waals surface area contributed by atoms with Gasteiger partial charge in [0.15, 0.2) is 0 Å². The van der Waals surface area contributed by atoms with Crippen molar-refractivity contribution in [3.05, 3.63) is 35.1 Å². The Hall–Kier alpha value is -2.16. The van der Waals surface area contributed by atoms with Crippen molar-refractivity contribution < 1.29 is 31.9 Å². The monoisotopic (exact) mass is 350 g/mol. The van der Waals surface area contributed by atoms with Crippen LogP contribution in [0.3, 0.4) is 0 Å². The standard InChI is InChI=1S/C15H18F4N2O3/c1-9-3-4-11(7-12(9)16)14(23)21-6-5-20-13(22)10(2)24-8-15(17,18)19/h3-4,7,10H,5-6,8H2,1-2H3,(H,20,22)(H,21,23). The average Bonchev–Trinajstić information content (AvgIpc) is 2.50. The van der Waals surface area contributed by atoms with Gasteiger partial charge in [0.05, 0.1) is 0 Å². The van der Waals surface area contributed by atoms with Crippen LogP contribution in [0.5, 0.6) is 0 Å². The average molecular weight is 350 g/mol. The van der Waals surface area contributed by atoms with E-state index in [-0.39, 0.29) is 18.7 Å². The number of alkyl halides is 3. The van der Waals surface area contributed by atoms with Crippen LogP contribution in [0.15, 0.2) is 18.2 Å².